The summed E-state index contributed by atoms with van der Waals surface area (Å²) in [4.78, 5) is 52.1. The number of hydrogen-bond acceptors (Lipinski definition) is 35. The van der Waals surface area contributed by atoms with Crippen molar-refractivity contribution in [1.82, 2.24) is 16.0 Å². The number of rotatable bonds is 62. The number of aliphatic hydroxyl groups is 19. The minimum atomic E-state index is -3.22. The van der Waals surface area contributed by atoms with Gasteiger partial charge in [0, 0.05) is 26.7 Å². The number of aliphatic carboxylic acids is 1. The highest BCUT2D eigenvalue weighted by atomic mass is 16.8. The normalized spacial score (nSPS) is 34.9. The molecule has 0 aromatic rings. The van der Waals surface area contributed by atoms with Gasteiger partial charge in [-0.05, 0) is 44.9 Å². The van der Waals surface area contributed by atoms with Crippen LogP contribution in [-0.2, 0) is 76.0 Å². The number of allylic oxidation sites excluding steroid dienone is 3. The topological polar surface area (TPSA) is 620 Å². The van der Waals surface area contributed by atoms with E-state index in [1.165, 1.54) is 135 Å². The Kier molecular flexibility index (Phi) is 52.5. The van der Waals surface area contributed by atoms with E-state index in [1.807, 2.05) is 6.08 Å². The van der Waals surface area contributed by atoms with Crippen molar-refractivity contribution in [3.05, 3.63) is 24.3 Å². The van der Waals surface area contributed by atoms with Crippen LogP contribution in [0.15, 0.2) is 24.3 Å². The lowest BCUT2D eigenvalue weighted by molar-refractivity contribution is -0.388. The molecule has 33 atom stereocenters. The number of unbranched alkanes of at least 4 members (excludes halogenated alkanes) is 30. The van der Waals surface area contributed by atoms with E-state index in [2.05, 4.69) is 41.9 Å². The van der Waals surface area contributed by atoms with Crippen molar-refractivity contribution in [2.24, 2.45) is 0 Å². The van der Waals surface area contributed by atoms with Crippen LogP contribution in [0.5, 0.6) is 0 Å². The SMILES string of the molecule is CCCCCCCC/C=C\CCCCCCCCCCCCCCCC(=O)N[C@@H](CO[C@@H]1OC(CO)[C@@H](O[C@@H]2OC(CO[C@@H]3OC(CO)[C@@H](O[C@@H]4OC(CO)[C@H](O)[C@H](O[C@]5(C(=O)O)CC(O)[C@@H](NC(C)=O)C([C@H](O)[C@H](O)CO)O5)C4O)[C@H](O)C3NC(C)=O)[C@H](O)[C@H](O[C@H]3OC(CO)[C@H](O)[C@H](O)C3O)C2O)[C@H](O)C1O)[C@H](O)/C=C/CCCCCCCCCCCCC. The Labute approximate surface area is 739 Å². The molecular formula is C87H155N3O36. The van der Waals surface area contributed by atoms with Gasteiger partial charge in [-0.3, -0.25) is 14.4 Å². The third-order valence-electron chi connectivity index (χ3n) is 24.3. The van der Waals surface area contributed by atoms with E-state index in [4.69, 9.17) is 56.8 Å². The summed E-state index contributed by atoms with van der Waals surface area (Å²) in [6.07, 6.45) is -14.2. The smallest absolute Gasteiger partial charge is 0.364 e. The summed E-state index contributed by atoms with van der Waals surface area (Å²) < 4.78 is 71.0. The quantitative estimate of drug-likeness (QED) is 0.0274. The van der Waals surface area contributed by atoms with Crippen molar-refractivity contribution in [3.8, 4) is 0 Å². The third-order valence-corrected chi connectivity index (χ3v) is 24.3. The van der Waals surface area contributed by atoms with Gasteiger partial charge in [-0.1, -0.05) is 205 Å². The molecule has 0 aliphatic carbocycles. The summed E-state index contributed by atoms with van der Waals surface area (Å²) in [6.45, 7) is -0.496. The van der Waals surface area contributed by atoms with Gasteiger partial charge in [0.15, 0.2) is 31.5 Å². The van der Waals surface area contributed by atoms with Crippen LogP contribution in [0.4, 0.5) is 0 Å². The average molecular weight is 1820 g/mol. The first-order valence-electron chi connectivity index (χ1n) is 46.2. The molecule has 734 valence electrons. The molecule has 6 fully saturated rings. The second kappa shape index (κ2) is 59.7. The van der Waals surface area contributed by atoms with Crippen LogP contribution in [-0.4, -0.2) is 374 Å². The van der Waals surface area contributed by atoms with E-state index in [1.54, 1.807) is 6.08 Å². The fraction of sp³-hybridized carbons (Fsp3) is 0.908. The highest BCUT2D eigenvalue weighted by Crippen LogP contribution is 2.41. The molecule has 6 rings (SSSR count). The van der Waals surface area contributed by atoms with Crippen molar-refractivity contribution in [2.45, 2.75) is 454 Å². The fourth-order valence-electron chi connectivity index (χ4n) is 16.8. The van der Waals surface area contributed by atoms with Crippen LogP contribution in [0.1, 0.15) is 252 Å². The molecule has 39 nitrogen and oxygen atoms in total. The number of nitrogens with one attached hydrogen (secondary N) is 3. The van der Waals surface area contributed by atoms with Crippen molar-refractivity contribution < 1.29 is 178 Å². The van der Waals surface area contributed by atoms with Gasteiger partial charge in [0.25, 0.3) is 5.79 Å². The number of carbonyl (C=O) groups excluding carboxylic acids is 3. The lowest BCUT2D eigenvalue weighted by Crippen LogP contribution is -2.71. The van der Waals surface area contributed by atoms with Gasteiger partial charge in [0.1, 0.15) is 140 Å². The summed E-state index contributed by atoms with van der Waals surface area (Å²) >= 11 is 0. The third kappa shape index (κ3) is 34.9. The monoisotopic (exact) mass is 1820 g/mol. The minimum Gasteiger partial charge on any atom is -0.477 e. The largest absolute Gasteiger partial charge is 0.477 e. The molecule has 0 saturated carbocycles. The molecule has 126 heavy (non-hydrogen) atoms. The van der Waals surface area contributed by atoms with Crippen molar-refractivity contribution >= 4 is 23.7 Å². The zero-order valence-electron chi connectivity index (χ0n) is 74.0. The molecular weight excluding hydrogens is 1660 g/mol. The van der Waals surface area contributed by atoms with Gasteiger partial charge in [0.2, 0.25) is 17.7 Å². The molecule has 3 amide bonds. The second-order valence-electron chi connectivity index (χ2n) is 34.6. The first kappa shape index (κ1) is 111. The zero-order chi connectivity index (χ0) is 92.4. The summed E-state index contributed by atoms with van der Waals surface area (Å²) in [7, 11) is 0. The summed E-state index contributed by atoms with van der Waals surface area (Å²) in [5.41, 5.74) is 0. The maximum atomic E-state index is 13.7. The highest BCUT2D eigenvalue weighted by molar-refractivity contribution is 5.77. The van der Waals surface area contributed by atoms with Crippen LogP contribution < -0.4 is 16.0 Å². The molecule has 0 radical (unpaired) electrons. The maximum Gasteiger partial charge on any atom is 0.364 e. The Morgan fingerprint density at radius 1 is 0.421 bits per heavy atom. The average Bonchev–Trinajstić information content (AvgIpc) is 0.750. The fourth-order valence-corrected chi connectivity index (χ4v) is 16.8. The van der Waals surface area contributed by atoms with Crippen LogP contribution >= 0.6 is 0 Å². The number of hydrogen-bond donors (Lipinski definition) is 23. The number of carbonyl (C=O) groups is 4. The van der Waals surface area contributed by atoms with E-state index in [-0.39, 0.29) is 12.3 Å². The van der Waals surface area contributed by atoms with Crippen LogP contribution in [0.25, 0.3) is 0 Å². The molecule has 6 aliphatic heterocycles. The second-order valence-corrected chi connectivity index (χ2v) is 34.6. The van der Waals surface area contributed by atoms with E-state index in [0.717, 1.165) is 78.1 Å². The lowest BCUT2D eigenvalue weighted by atomic mass is 9.88. The Bertz CT molecular complexity index is 3030. The highest BCUT2D eigenvalue weighted by Gasteiger charge is 2.62. The van der Waals surface area contributed by atoms with Crippen LogP contribution in [0, 0.1) is 0 Å². The van der Waals surface area contributed by atoms with Crippen molar-refractivity contribution in [3.63, 3.8) is 0 Å². The molecule has 0 bridgehead atoms. The van der Waals surface area contributed by atoms with Crippen molar-refractivity contribution in [2.75, 3.05) is 46.2 Å². The van der Waals surface area contributed by atoms with Crippen LogP contribution in [0.3, 0.4) is 0 Å². The number of ether oxygens (including phenoxy) is 12. The standard InChI is InChI=1S/C87H155N3O36/c1-5-7-9-11-13-15-17-19-20-21-22-23-24-25-26-27-28-30-32-34-36-38-40-42-62(101)90-53(54(98)41-39-37-35-33-31-29-18-16-14-12-10-8-6-2)49-115-82-73(110)71(108)77(60(48-95)120-82)123-84-74(111)79(124-83-72(109)70(107)66(103)57(45-92)117-83)68(105)61(121-84)50-116-81-64(89-52(4)97)69(106)76(59(47-94)119-81)122-85-75(112)80(67(104)58(46-93)118-85)126-87(86(113)114)43-55(99)63(88-51(3)96)78(125-87)65(102)56(100)44-91/h19-20,39,41,53-61,63-85,91-95,98-100,102-112H,5-18,21-38,40,42-50H2,1-4H3,(H,88,96)(H,89,97)(H,90,101)(H,113,114)/b20-19-,41-39+/t53-,54+,55?,56+,57?,58?,59?,60?,61?,63+,64?,65+,66-,67-,68-,69+,70-,71+,72?,73?,74?,75?,76+,77+,78?,79-,80-,81+,82+,83+,84-,85-,87-/m0/s1. The first-order chi connectivity index (χ1) is 60.5. The first-order valence-corrected chi connectivity index (χ1v) is 46.2. The van der Waals surface area contributed by atoms with Gasteiger partial charge < -0.3 is 175 Å². The molecule has 6 aliphatic rings. The van der Waals surface area contributed by atoms with Crippen LogP contribution in [0.2, 0.25) is 0 Å². The van der Waals surface area contributed by atoms with Gasteiger partial charge >= 0.3 is 5.97 Å². The summed E-state index contributed by atoms with van der Waals surface area (Å²) in [6, 6.07) is -4.66. The van der Waals surface area contributed by atoms with Gasteiger partial charge in [-0.2, -0.15) is 0 Å². The predicted molar refractivity (Wildman–Crippen MR) is 448 cm³/mol. The van der Waals surface area contributed by atoms with Gasteiger partial charge in [-0.15, -0.1) is 0 Å². The Morgan fingerprint density at radius 3 is 1.31 bits per heavy atom. The lowest BCUT2D eigenvalue weighted by Gasteiger charge is -2.51. The number of amides is 3. The molecule has 0 aromatic carbocycles. The Hall–Kier alpha value is -3.88. The zero-order valence-corrected chi connectivity index (χ0v) is 74.0. The molecule has 12 unspecified atom stereocenters. The van der Waals surface area contributed by atoms with E-state index >= 15 is 0 Å². The molecule has 0 spiro atoms. The molecule has 6 saturated heterocycles. The minimum absolute atomic E-state index is 0.137. The summed E-state index contributed by atoms with van der Waals surface area (Å²) in [5, 5.41) is 231. The van der Waals surface area contributed by atoms with Crippen molar-refractivity contribution in [1.29, 1.82) is 0 Å². The molecule has 0 aromatic heterocycles. The van der Waals surface area contributed by atoms with Gasteiger partial charge in [0.05, 0.1) is 70.5 Å². The Balaban J connectivity index is 1.12. The number of carboxylic acids is 1. The van der Waals surface area contributed by atoms with E-state index in [0.29, 0.717) is 12.8 Å². The summed E-state index contributed by atoms with van der Waals surface area (Å²) in [5.74, 6) is -7.42. The van der Waals surface area contributed by atoms with E-state index in [9.17, 15) is 121 Å². The molecule has 39 heteroatoms. The Morgan fingerprint density at radius 2 is 0.825 bits per heavy atom. The van der Waals surface area contributed by atoms with Gasteiger partial charge in [-0.25, -0.2) is 4.79 Å². The molecule has 23 N–H and O–H groups in total. The maximum absolute atomic E-state index is 13.7. The predicted octanol–water partition coefficient (Wildman–Crippen LogP) is -0.321. The molecule has 6 heterocycles. The number of carboxylic acid groups (broad SMARTS) is 1. The number of aliphatic hydroxyl groups excluding tert-OH is 19. The van der Waals surface area contributed by atoms with E-state index < -0.39 is 272 Å².